The lowest BCUT2D eigenvalue weighted by atomic mass is 10.0. The highest BCUT2D eigenvalue weighted by molar-refractivity contribution is 7.90. The summed E-state index contributed by atoms with van der Waals surface area (Å²) in [7, 11) is -0.724. The van der Waals surface area contributed by atoms with Crippen LogP contribution in [-0.4, -0.2) is 32.6 Å². The van der Waals surface area contributed by atoms with Gasteiger partial charge in [0.25, 0.3) is 0 Å². The predicted octanol–water partition coefficient (Wildman–Crippen LogP) is 2.44. The summed E-state index contributed by atoms with van der Waals surface area (Å²) in [6.45, 7) is 1.95. The van der Waals surface area contributed by atoms with E-state index in [1.807, 2.05) is 19.1 Å². The van der Waals surface area contributed by atoms with E-state index >= 15 is 0 Å². The third-order valence-electron chi connectivity index (χ3n) is 3.17. The number of nitrogens with zero attached hydrogens (tertiary/aromatic N) is 1. The number of anilines is 1. The van der Waals surface area contributed by atoms with Gasteiger partial charge in [0.2, 0.25) is 0 Å². The highest BCUT2D eigenvalue weighted by Crippen LogP contribution is 2.17. The molecule has 0 bridgehead atoms. The standard InChI is InChI=1S/C16H18N2O3S/c1-12-7-9-13(10-8-12)16(19)14-5-4-6-15(11-14)17-22(20,21)18(2)3/h4-11,17H,1-3H3. The van der Waals surface area contributed by atoms with Gasteiger partial charge in [-0.25, -0.2) is 0 Å². The first-order chi connectivity index (χ1) is 10.3. The van der Waals surface area contributed by atoms with E-state index in [-0.39, 0.29) is 5.78 Å². The van der Waals surface area contributed by atoms with Gasteiger partial charge in [0.1, 0.15) is 0 Å². The van der Waals surface area contributed by atoms with Crippen molar-refractivity contribution in [3.05, 3.63) is 65.2 Å². The van der Waals surface area contributed by atoms with E-state index in [1.54, 1.807) is 30.3 Å². The molecular formula is C16H18N2O3S. The second-order valence-corrected chi connectivity index (χ2v) is 7.05. The van der Waals surface area contributed by atoms with E-state index in [4.69, 9.17) is 0 Å². The van der Waals surface area contributed by atoms with Gasteiger partial charge in [0.15, 0.2) is 5.78 Å². The van der Waals surface area contributed by atoms with Crippen LogP contribution >= 0.6 is 0 Å². The van der Waals surface area contributed by atoms with E-state index in [2.05, 4.69) is 4.72 Å². The van der Waals surface area contributed by atoms with Gasteiger partial charge in [-0.15, -0.1) is 0 Å². The maximum absolute atomic E-state index is 12.4. The van der Waals surface area contributed by atoms with Crippen LogP contribution in [0.15, 0.2) is 48.5 Å². The number of benzene rings is 2. The number of nitrogens with one attached hydrogen (secondary N) is 1. The predicted molar refractivity (Wildman–Crippen MR) is 87.3 cm³/mol. The van der Waals surface area contributed by atoms with Crippen LogP contribution in [0, 0.1) is 6.92 Å². The molecule has 2 aromatic carbocycles. The molecule has 0 amide bonds. The molecule has 22 heavy (non-hydrogen) atoms. The van der Waals surface area contributed by atoms with Gasteiger partial charge in [-0.05, 0) is 19.1 Å². The molecule has 6 heteroatoms. The number of carbonyl (C=O) groups is 1. The molecule has 0 fully saturated rings. The van der Waals surface area contributed by atoms with Crippen molar-refractivity contribution in [3.63, 3.8) is 0 Å². The maximum Gasteiger partial charge on any atom is 0.301 e. The summed E-state index contributed by atoms with van der Waals surface area (Å²) in [6.07, 6.45) is 0. The minimum absolute atomic E-state index is 0.147. The molecule has 1 N–H and O–H groups in total. The molecule has 0 heterocycles. The lowest BCUT2D eigenvalue weighted by Crippen LogP contribution is -2.28. The molecule has 0 atom stereocenters. The zero-order valence-corrected chi connectivity index (χ0v) is 13.5. The van der Waals surface area contributed by atoms with Crippen LogP contribution in [-0.2, 0) is 10.2 Å². The van der Waals surface area contributed by atoms with E-state index in [0.717, 1.165) is 9.87 Å². The topological polar surface area (TPSA) is 66.5 Å². The number of carbonyl (C=O) groups excluding carboxylic acids is 1. The first-order valence-electron chi connectivity index (χ1n) is 6.71. The molecule has 0 aromatic heterocycles. The molecular weight excluding hydrogens is 300 g/mol. The normalized spacial score (nSPS) is 11.5. The summed E-state index contributed by atoms with van der Waals surface area (Å²) in [5, 5.41) is 0. The second kappa shape index (κ2) is 6.29. The van der Waals surface area contributed by atoms with Crippen LogP contribution in [0.25, 0.3) is 0 Å². The summed E-state index contributed by atoms with van der Waals surface area (Å²) in [5.41, 5.74) is 2.43. The van der Waals surface area contributed by atoms with Crippen molar-refractivity contribution in [2.24, 2.45) is 0 Å². The van der Waals surface area contributed by atoms with Gasteiger partial charge in [-0.1, -0.05) is 42.0 Å². The quantitative estimate of drug-likeness (QED) is 0.861. The number of aryl methyl sites for hydroxylation is 1. The van der Waals surface area contributed by atoms with Crippen molar-refractivity contribution in [3.8, 4) is 0 Å². The monoisotopic (exact) mass is 318 g/mol. The molecule has 116 valence electrons. The molecule has 0 aliphatic rings. The van der Waals surface area contributed by atoms with Crippen LogP contribution in [0.5, 0.6) is 0 Å². The molecule has 0 spiro atoms. The lowest BCUT2D eigenvalue weighted by Gasteiger charge is -2.13. The van der Waals surface area contributed by atoms with Crippen LogP contribution in [0.3, 0.4) is 0 Å². The van der Waals surface area contributed by atoms with Crippen molar-refractivity contribution in [1.29, 1.82) is 0 Å². The smallest absolute Gasteiger partial charge is 0.289 e. The molecule has 0 aliphatic carbocycles. The van der Waals surface area contributed by atoms with Crippen molar-refractivity contribution in [1.82, 2.24) is 4.31 Å². The van der Waals surface area contributed by atoms with Crippen LogP contribution in [0.4, 0.5) is 5.69 Å². The Labute approximate surface area is 130 Å². The fourth-order valence-corrected chi connectivity index (χ4v) is 2.44. The Morgan fingerprint density at radius 1 is 1.00 bits per heavy atom. The Morgan fingerprint density at radius 3 is 2.23 bits per heavy atom. The van der Waals surface area contributed by atoms with Crippen LogP contribution in [0.2, 0.25) is 0 Å². The minimum atomic E-state index is -3.59. The fraction of sp³-hybridized carbons (Fsp3) is 0.188. The zero-order chi connectivity index (χ0) is 16.3. The van der Waals surface area contributed by atoms with Crippen LogP contribution in [0.1, 0.15) is 21.5 Å². The molecule has 0 aliphatic heterocycles. The summed E-state index contributed by atoms with van der Waals surface area (Å²) in [4.78, 5) is 12.4. The van der Waals surface area contributed by atoms with Gasteiger partial charge in [0.05, 0.1) is 5.69 Å². The Bertz CT molecular complexity index is 781. The average molecular weight is 318 g/mol. The van der Waals surface area contributed by atoms with Crippen molar-refractivity contribution < 1.29 is 13.2 Å². The SMILES string of the molecule is Cc1ccc(C(=O)c2cccc(NS(=O)(=O)N(C)C)c2)cc1. The first-order valence-corrected chi connectivity index (χ1v) is 8.15. The highest BCUT2D eigenvalue weighted by atomic mass is 32.2. The molecule has 5 nitrogen and oxygen atoms in total. The summed E-state index contributed by atoms with van der Waals surface area (Å²) >= 11 is 0. The maximum atomic E-state index is 12.4. The van der Waals surface area contributed by atoms with Gasteiger partial charge >= 0.3 is 10.2 Å². The van der Waals surface area contributed by atoms with Crippen molar-refractivity contribution in [2.75, 3.05) is 18.8 Å². The second-order valence-electron chi connectivity index (χ2n) is 5.17. The van der Waals surface area contributed by atoms with E-state index in [1.165, 1.54) is 20.2 Å². The van der Waals surface area contributed by atoms with Crippen LogP contribution < -0.4 is 4.72 Å². The number of hydrogen-bond acceptors (Lipinski definition) is 3. The molecule has 0 unspecified atom stereocenters. The Hall–Kier alpha value is -2.18. The third kappa shape index (κ3) is 3.72. The Balaban J connectivity index is 2.28. The van der Waals surface area contributed by atoms with Crippen molar-refractivity contribution in [2.45, 2.75) is 6.92 Å². The molecule has 0 saturated carbocycles. The van der Waals surface area contributed by atoms with Gasteiger partial charge in [0, 0.05) is 25.2 Å². The molecule has 0 saturated heterocycles. The van der Waals surface area contributed by atoms with E-state index in [0.29, 0.717) is 16.8 Å². The van der Waals surface area contributed by atoms with E-state index < -0.39 is 10.2 Å². The largest absolute Gasteiger partial charge is 0.301 e. The fourth-order valence-electron chi connectivity index (χ4n) is 1.84. The number of rotatable bonds is 5. The summed E-state index contributed by atoms with van der Waals surface area (Å²) in [5.74, 6) is -0.147. The lowest BCUT2D eigenvalue weighted by molar-refractivity contribution is 0.103. The Morgan fingerprint density at radius 2 is 1.64 bits per heavy atom. The number of hydrogen-bond donors (Lipinski definition) is 1. The summed E-state index contributed by atoms with van der Waals surface area (Å²) < 4.78 is 27.1. The highest BCUT2D eigenvalue weighted by Gasteiger charge is 2.14. The summed E-state index contributed by atoms with van der Waals surface area (Å²) in [6, 6.07) is 13.7. The van der Waals surface area contributed by atoms with Gasteiger partial charge < -0.3 is 0 Å². The third-order valence-corrected chi connectivity index (χ3v) is 4.62. The minimum Gasteiger partial charge on any atom is -0.289 e. The van der Waals surface area contributed by atoms with Gasteiger partial charge in [-0.2, -0.15) is 12.7 Å². The van der Waals surface area contributed by atoms with Crippen molar-refractivity contribution >= 4 is 21.7 Å². The molecule has 0 radical (unpaired) electrons. The zero-order valence-electron chi connectivity index (χ0n) is 12.7. The number of ketones is 1. The molecule has 2 aromatic rings. The Kier molecular flexibility index (Phi) is 4.63. The molecule has 2 rings (SSSR count). The van der Waals surface area contributed by atoms with E-state index in [9.17, 15) is 13.2 Å². The first kappa shape index (κ1) is 16.2. The van der Waals surface area contributed by atoms with Gasteiger partial charge in [-0.3, -0.25) is 9.52 Å². The average Bonchev–Trinajstić information content (AvgIpc) is 2.47.